The summed E-state index contributed by atoms with van der Waals surface area (Å²) < 4.78 is 28.4. The van der Waals surface area contributed by atoms with Crippen LogP contribution in [0.2, 0.25) is 0 Å². The van der Waals surface area contributed by atoms with Crippen LogP contribution in [-0.2, 0) is 14.9 Å². The Kier molecular flexibility index (Phi) is 12.8. The van der Waals surface area contributed by atoms with Gasteiger partial charge in [-0.3, -0.25) is 9.35 Å². The summed E-state index contributed by atoms with van der Waals surface area (Å²) in [6.07, 6.45) is 0.637. The summed E-state index contributed by atoms with van der Waals surface area (Å²) in [5.74, 6) is -1.64. The molecule has 0 saturated heterocycles. The molecule has 0 aliphatic heterocycles. The van der Waals surface area contributed by atoms with E-state index < -0.39 is 21.3 Å². The fourth-order valence-corrected chi connectivity index (χ4v) is 0.848. The number of carbonyl (C=O) groups is 1. The Morgan fingerprint density at radius 2 is 1.83 bits per heavy atom. The molecule has 8 heteroatoms. The zero-order valence-corrected chi connectivity index (χ0v) is 11.5. The van der Waals surface area contributed by atoms with Crippen LogP contribution in [0, 0.1) is 0 Å². The summed E-state index contributed by atoms with van der Waals surface area (Å²) >= 11 is 0. The molecule has 1 unspecified atom stereocenters. The van der Waals surface area contributed by atoms with Gasteiger partial charge in [-0.2, -0.15) is 8.42 Å². The van der Waals surface area contributed by atoms with E-state index >= 15 is 0 Å². The molecule has 0 heterocycles. The topological polar surface area (TPSA) is 91.7 Å². The molecule has 2 N–H and O–H groups in total. The largest absolute Gasteiger partial charge is 2.00 e. The van der Waals surface area contributed by atoms with E-state index in [1.54, 1.807) is 0 Å². The minimum absolute atomic E-state index is 0. The number of carboxylic acids is 1. The average molecular weight is 250 g/mol. The van der Waals surface area contributed by atoms with Gasteiger partial charge in [0.15, 0.2) is 0 Å². The van der Waals surface area contributed by atoms with E-state index in [0.29, 0.717) is 6.08 Å². The van der Waals surface area contributed by atoms with Crippen LogP contribution in [0.4, 0.5) is 0 Å². The number of carboxylic acid groups (broad SMARTS) is 1. The van der Waals surface area contributed by atoms with E-state index in [-0.39, 0.29) is 81.2 Å². The molecule has 0 fully saturated rings. The molecule has 0 aliphatic rings. The van der Waals surface area contributed by atoms with Gasteiger partial charge >= 0.3 is 81.4 Å². The van der Waals surface area contributed by atoms with Gasteiger partial charge in [0, 0.05) is 0 Å². The first-order valence-electron chi connectivity index (χ1n) is 2.21. The van der Waals surface area contributed by atoms with E-state index in [1.807, 2.05) is 0 Å². The van der Waals surface area contributed by atoms with Crippen LogP contribution < -0.4 is 0 Å². The predicted molar refractivity (Wildman–Crippen MR) is 49.1 cm³/mol. The summed E-state index contributed by atoms with van der Waals surface area (Å²) in [7, 11) is -4.53. The molecule has 66 valence electrons. The fourth-order valence-electron chi connectivity index (χ4n) is 0.350. The molecule has 0 aromatic heterocycles. The van der Waals surface area contributed by atoms with Crippen molar-refractivity contribution in [1.29, 1.82) is 0 Å². The second kappa shape index (κ2) is 7.99. The van der Waals surface area contributed by atoms with Gasteiger partial charge in [0.2, 0.25) is 5.25 Å². The van der Waals surface area contributed by atoms with Crippen molar-refractivity contribution in [2.24, 2.45) is 0 Å². The van der Waals surface area contributed by atoms with Gasteiger partial charge in [-0.25, -0.2) is 0 Å². The summed E-state index contributed by atoms with van der Waals surface area (Å²) in [4.78, 5) is 9.97. The minimum atomic E-state index is -4.53. The third-order valence-corrected chi connectivity index (χ3v) is 1.81. The molecule has 0 saturated carbocycles. The van der Waals surface area contributed by atoms with Gasteiger partial charge in [-0.1, -0.05) is 6.08 Å². The predicted octanol–water partition coefficient (Wildman–Crippen LogP) is -0.798. The van der Waals surface area contributed by atoms with Gasteiger partial charge in [-0.05, 0) is 0 Å². The van der Waals surface area contributed by atoms with E-state index in [0.717, 1.165) is 0 Å². The molecule has 5 nitrogen and oxygen atoms in total. The Hall–Kier alpha value is 1.64. The number of hydrogen-bond acceptors (Lipinski definition) is 3. The van der Waals surface area contributed by atoms with Gasteiger partial charge in [-0.15, -0.1) is 6.58 Å². The van der Waals surface area contributed by atoms with Crippen molar-refractivity contribution in [3.63, 3.8) is 0 Å². The van der Waals surface area contributed by atoms with Crippen molar-refractivity contribution in [2.75, 3.05) is 0 Å². The Morgan fingerprint density at radius 1 is 1.50 bits per heavy atom. The maximum absolute atomic E-state index is 10.1. The molecule has 0 aromatic rings. The van der Waals surface area contributed by atoms with Crippen LogP contribution in [0.25, 0.3) is 0 Å². The molecular formula is C4H10Ca2O5S. The Balaban J connectivity index is -0.0000000270. The first-order valence-corrected chi connectivity index (χ1v) is 3.71. The van der Waals surface area contributed by atoms with Crippen molar-refractivity contribution in [3.8, 4) is 0 Å². The van der Waals surface area contributed by atoms with Crippen LogP contribution in [0.3, 0.4) is 0 Å². The van der Waals surface area contributed by atoms with E-state index in [9.17, 15) is 13.2 Å². The van der Waals surface area contributed by atoms with Crippen LogP contribution in [0.15, 0.2) is 12.7 Å². The molecule has 0 spiro atoms. The maximum atomic E-state index is 10.1. The molecule has 0 amide bonds. The molecular weight excluding hydrogens is 240 g/mol. The molecule has 0 aromatic carbocycles. The zero-order chi connectivity index (χ0) is 8.36. The van der Waals surface area contributed by atoms with Crippen LogP contribution in [-0.4, -0.2) is 105 Å². The number of rotatable bonds is 3. The third-order valence-electron chi connectivity index (χ3n) is 0.778. The van der Waals surface area contributed by atoms with Gasteiger partial charge < -0.3 is 10.8 Å². The van der Waals surface area contributed by atoms with Crippen molar-refractivity contribution in [2.45, 2.75) is 5.25 Å². The van der Waals surface area contributed by atoms with Crippen LogP contribution in [0.1, 0.15) is 5.71 Å². The molecule has 0 aliphatic carbocycles. The van der Waals surface area contributed by atoms with Gasteiger partial charge in [0.25, 0.3) is 10.1 Å². The molecule has 0 rings (SSSR count). The summed E-state index contributed by atoms with van der Waals surface area (Å²) in [5, 5.41) is 6.17. The van der Waals surface area contributed by atoms with E-state index in [1.165, 1.54) is 0 Å². The summed E-state index contributed by atoms with van der Waals surface area (Å²) in [6.45, 7) is 2.93. The smallest absolute Gasteiger partial charge is 1.00 e. The summed E-state index contributed by atoms with van der Waals surface area (Å²) in [5.41, 5.74) is 0. The van der Waals surface area contributed by atoms with Crippen molar-refractivity contribution < 1.29 is 28.6 Å². The molecule has 1 atom stereocenters. The second-order valence-electron chi connectivity index (χ2n) is 1.51. The Labute approximate surface area is 136 Å². The van der Waals surface area contributed by atoms with Gasteiger partial charge in [0.1, 0.15) is 0 Å². The first-order chi connectivity index (χ1) is 4.39. The minimum Gasteiger partial charge on any atom is -1.00 e. The van der Waals surface area contributed by atoms with Crippen molar-refractivity contribution >= 4 is 91.6 Å². The fraction of sp³-hybridized carbons (Fsp3) is 0.250. The zero-order valence-electron chi connectivity index (χ0n) is 10.3. The van der Waals surface area contributed by atoms with E-state index in [2.05, 4.69) is 6.58 Å². The number of aliphatic carboxylic acids is 1. The Morgan fingerprint density at radius 3 is 1.83 bits per heavy atom. The summed E-state index contributed by atoms with van der Waals surface area (Å²) in [6, 6.07) is 0. The average Bonchev–Trinajstić information content (AvgIpc) is 1.60. The second-order valence-corrected chi connectivity index (χ2v) is 3.05. The molecule has 0 radical (unpaired) electrons. The van der Waals surface area contributed by atoms with Crippen molar-refractivity contribution in [1.82, 2.24) is 0 Å². The Bertz CT molecular complexity index is 259. The van der Waals surface area contributed by atoms with Gasteiger partial charge in [0.05, 0.1) is 0 Å². The van der Waals surface area contributed by atoms with E-state index in [4.69, 9.17) is 9.66 Å². The quantitative estimate of drug-likeness (QED) is 0.389. The van der Waals surface area contributed by atoms with Crippen LogP contribution in [0.5, 0.6) is 0 Å². The third kappa shape index (κ3) is 7.08. The standard InChI is InChI=1S/C4H6O5S.2Ca.4H/c1-2-3(4(5)6)10(7,8)9;;;;;;/h2-3H,1H2,(H,5,6)(H,7,8,9);;;;;;/q;2*+2;4*-1. The SMILES string of the molecule is C=CC(C(=O)O)S(=O)(=O)O.[Ca+2].[Ca+2].[H-].[H-].[H-].[H-]. The maximum Gasteiger partial charge on any atom is 2.00 e. The molecule has 0 bridgehead atoms. The normalized spacial score (nSPS) is 11.8. The monoisotopic (exact) mass is 250 g/mol. The first kappa shape index (κ1) is 19.2. The molecule has 12 heavy (non-hydrogen) atoms. The van der Waals surface area contributed by atoms with Crippen molar-refractivity contribution in [3.05, 3.63) is 12.7 Å². The number of hydrogen-bond donors (Lipinski definition) is 2. The van der Waals surface area contributed by atoms with Crippen LogP contribution >= 0.6 is 0 Å².